The topological polar surface area (TPSA) is 29.3 Å². The molecule has 2 aromatic rings. The van der Waals surface area contributed by atoms with Crippen molar-refractivity contribution in [3.8, 4) is 0 Å². The molecule has 0 aliphatic heterocycles. The summed E-state index contributed by atoms with van der Waals surface area (Å²) in [4.78, 5) is 2.29. The Balaban J connectivity index is 2.19. The third-order valence-corrected chi connectivity index (χ3v) is 4.68. The molecule has 0 aliphatic rings. The fourth-order valence-corrected chi connectivity index (χ4v) is 3.37. The molecule has 0 spiro atoms. The van der Waals surface area contributed by atoms with Crippen LogP contribution in [0.2, 0.25) is 5.02 Å². The maximum atomic E-state index is 6.33. The molecule has 20 heavy (non-hydrogen) atoms. The van der Waals surface area contributed by atoms with E-state index in [1.807, 2.05) is 18.2 Å². The summed E-state index contributed by atoms with van der Waals surface area (Å²) in [5.41, 5.74) is 8.76. The van der Waals surface area contributed by atoms with Gasteiger partial charge in [-0.15, -0.1) is 0 Å². The van der Waals surface area contributed by atoms with E-state index in [0.717, 1.165) is 23.6 Å². The second-order valence-corrected chi connectivity index (χ2v) is 6.27. The van der Waals surface area contributed by atoms with Crippen molar-refractivity contribution < 1.29 is 0 Å². The van der Waals surface area contributed by atoms with Crippen LogP contribution in [0.3, 0.4) is 0 Å². The van der Waals surface area contributed by atoms with Gasteiger partial charge in [0.1, 0.15) is 0 Å². The van der Waals surface area contributed by atoms with Crippen LogP contribution in [0.5, 0.6) is 0 Å². The van der Waals surface area contributed by atoms with E-state index in [4.69, 9.17) is 17.3 Å². The molecule has 0 amide bonds. The minimum absolute atomic E-state index is 0.122. The van der Waals surface area contributed by atoms with Crippen LogP contribution in [0, 0.1) is 0 Å². The van der Waals surface area contributed by atoms with Gasteiger partial charge < -0.3 is 5.73 Å². The van der Waals surface area contributed by atoms with Crippen LogP contribution in [-0.2, 0) is 6.54 Å². The lowest BCUT2D eigenvalue weighted by Crippen LogP contribution is -2.38. The zero-order chi connectivity index (χ0) is 14.5. The summed E-state index contributed by atoms with van der Waals surface area (Å²) in [5.74, 6) is 0. The summed E-state index contributed by atoms with van der Waals surface area (Å²) in [6.45, 7) is 2.93. The van der Waals surface area contributed by atoms with Crippen LogP contribution in [0.4, 0.5) is 0 Å². The Bertz CT molecular complexity index is 527. The summed E-state index contributed by atoms with van der Waals surface area (Å²) >= 11 is 7.97. The smallest absolute Gasteiger partial charge is 0.0507 e. The fourth-order valence-electron chi connectivity index (χ4n) is 2.49. The lowest BCUT2D eigenvalue weighted by Gasteiger charge is -2.32. The van der Waals surface area contributed by atoms with Crippen molar-refractivity contribution in [2.45, 2.75) is 32.0 Å². The Kier molecular flexibility index (Phi) is 5.61. The van der Waals surface area contributed by atoms with Crippen molar-refractivity contribution >= 4 is 22.9 Å². The highest BCUT2D eigenvalue weighted by Gasteiger charge is 2.23. The summed E-state index contributed by atoms with van der Waals surface area (Å²) < 4.78 is 0. The molecule has 4 heteroatoms. The van der Waals surface area contributed by atoms with E-state index in [9.17, 15) is 0 Å². The predicted molar refractivity (Wildman–Crippen MR) is 88.2 cm³/mol. The van der Waals surface area contributed by atoms with E-state index in [1.54, 1.807) is 11.3 Å². The Morgan fingerprint density at radius 2 is 2.05 bits per heavy atom. The number of nitrogens with two attached hydrogens (primary N) is 1. The van der Waals surface area contributed by atoms with Gasteiger partial charge in [0.2, 0.25) is 0 Å². The lowest BCUT2D eigenvalue weighted by molar-refractivity contribution is 0.202. The Hall–Kier alpha value is -0.870. The van der Waals surface area contributed by atoms with Crippen LogP contribution in [0.1, 0.15) is 30.5 Å². The van der Waals surface area contributed by atoms with Gasteiger partial charge in [0.15, 0.2) is 0 Å². The molecule has 0 saturated carbocycles. The van der Waals surface area contributed by atoms with Gasteiger partial charge in [-0.3, -0.25) is 4.90 Å². The third-order valence-electron chi connectivity index (χ3n) is 3.61. The summed E-state index contributed by atoms with van der Waals surface area (Å²) in [5, 5.41) is 5.10. The number of rotatable bonds is 6. The number of hydrogen-bond acceptors (Lipinski definition) is 3. The van der Waals surface area contributed by atoms with E-state index in [-0.39, 0.29) is 12.1 Å². The zero-order valence-electron chi connectivity index (χ0n) is 11.9. The first kappa shape index (κ1) is 15.5. The van der Waals surface area contributed by atoms with Crippen LogP contribution in [0.25, 0.3) is 0 Å². The fraction of sp³-hybridized carbons (Fsp3) is 0.375. The number of hydrogen-bond donors (Lipinski definition) is 1. The molecule has 108 valence electrons. The molecule has 0 radical (unpaired) electrons. The molecule has 2 unspecified atom stereocenters. The van der Waals surface area contributed by atoms with Gasteiger partial charge >= 0.3 is 0 Å². The van der Waals surface area contributed by atoms with Gasteiger partial charge in [-0.2, -0.15) is 11.3 Å². The normalized spacial score (nSPS) is 14.4. The first-order chi connectivity index (χ1) is 9.63. The Morgan fingerprint density at radius 3 is 2.65 bits per heavy atom. The minimum Gasteiger partial charge on any atom is -0.326 e. The molecule has 2 rings (SSSR count). The highest BCUT2D eigenvalue weighted by atomic mass is 35.5. The van der Waals surface area contributed by atoms with Gasteiger partial charge in [0, 0.05) is 17.6 Å². The summed E-state index contributed by atoms with van der Waals surface area (Å²) in [6, 6.07) is 10.5. The van der Waals surface area contributed by atoms with Gasteiger partial charge in [-0.1, -0.05) is 36.7 Å². The highest BCUT2D eigenvalue weighted by Crippen LogP contribution is 2.28. The van der Waals surface area contributed by atoms with Crippen molar-refractivity contribution in [2.24, 2.45) is 5.73 Å². The van der Waals surface area contributed by atoms with E-state index in [0.29, 0.717) is 0 Å². The Labute approximate surface area is 130 Å². The molecule has 2 atom stereocenters. The maximum absolute atomic E-state index is 6.33. The summed E-state index contributed by atoms with van der Waals surface area (Å²) in [7, 11) is 2.11. The first-order valence-corrected chi connectivity index (χ1v) is 8.17. The molecule has 2 N–H and O–H groups in total. The van der Waals surface area contributed by atoms with Crippen LogP contribution in [0.15, 0.2) is 41.1 Å². The Morgan fingerprint density at radius 1 is 1.30 bits per heavy atom. The van der Waals surface area contributed by atoms with Gasteiger partial charge in [-0.25, -0.2) is 0 Å². The monoisotopic (exact) mass is 308 g/mol. The molecular weight excluding hydrogens is 288 g/mol. The number of likely N-dealkylation sites (N-methyl/N-ethyl adjacent to an activating group) is 1. The SMILES string of the molecule is CCC(N)C(c1ccsc1)N(C)Cc1ccccc1Cl. The van der Waals surface area contributed by atoms with Crippen molar-refractivity contribution in [2.75, 3.05) is 7.05 Å². The molecule has 0 aliphatic carbocycles. The quantitative estimate of drug-likeness (QED) is 0.861. The first-order valence-electron chi connectivity index (χ1n) is 6.84. The lowest BCUT2D eigenvalue weighted by atomic mass is 9.98. The highest BCUT2D eigenvalue weighted by molar-refractivity contribution is 7.07. The molecule has 1 aromatic carbocycles. The van der Waals surface area contributed by atoms with E-state index in [2.05, 4.69) is 41.8 Å². The summed E-state index contributed by atoms with van der Waals surface area (Å²) in [6.07, 6.45) is 0.952. The van der Waals surface area contributed by atoms with Crippen LogP contribution in [-0.4, -0.2) is 18.0 Å². The van der Waals surface area contributed by atoms with Crippen LogP contribution < -0.4 is 5.73 Å². The van der Waals surface area contributed by atoms with Gasteiger partial charge in [-0.05, 0) is 47.5 Å². The molecule has 0 saturated heterocycles. The molecule has 2 nitrogen and oxygen atoms in total. The number of halogens is 1. The number of benzene rings is 1. The van der Waals surface area contributed by atoms with Crippen molar-refractivity contribution in [1.82, 2.24) is 4.90 Å². The maximum Gasteiger partial charge on any atom is 0.0507 e. The third kappa shape index (κ3) is 3.61. The molecular formula is C16H21ClN2S. The van der Waals surface area contributed by atoms with Crippen molar-refractivity contribution in [3.63, 3.8) is 0 Å². The van der Waals surface area contributed by atoms with Gasteiger partial charge in [0.05, 0.1) is 6.04 Å². The number of nitrogens with zero attached hydrogens (tertiary/aromatic N) is 1. The van der Waals surface area contributed by atoms with Crippen molar-refractivity contribution in [3.05, 3.63) is 57.2 Å². The largest absolute Gasteiger partial charge is 0.326 e. The average Bonchev–Trinajstić information content (AvgIpc) is 2.95. The minimum atomic E-state index is 0.122. The van der Waals surface area contributed by atoms with E-state index < -0.39 is 0 Å². The predicted octanol–water partition coefficient (Wildman–Crippen LogP) is 4.31. The standard InChI is InChI=1S/C16H21ClN2S/c1-3-15(18)16(13-8-9-20-11-13)19(2)10-12-6-4-5-7-14(12)17/h4-9,11,15-16H,3,10,18H2,1-2H3. The van der Waals surface area contributed by atoms with Gasteiger partial charge in [0.25, 0.3) is 0 Å². The molecule has 0 fully saturated rings. The second-order valence-electron chi connectivity index (χ2n) is 5.08. The molecule has 0 bridgehead atoms. The van der Waals surface area contributed by atoms with E-state index in [1.165, 1.54) is 5.56 Å². The molecule has 1 aromatic heterocycles. The van der Waals surface area contributed by atoms with Crippen LogP contribution >= 0.6 is 22.9 Å². The van der Waals surface area contributed by atoms with Crippen molar-refractivity contribution in [1.29, 1.82) is 0 Å². The zero-order valence-corrected chi connectivity index (χ0v) is 13.5. The van der Waals surface area contributed by atoms with E-state index >= 15 is 0 Å². The number of thiophene rings is 1. The second kappa shape index (κ2) is 7.23. The average molecular weight is 309 g/mol. The molecule has 1 heterocycles.